The molecule has 1 atom stereocenters. The van der Waals surface area contributed by atoms with Crippen LogP contribution in [0.4, 0.5) is 0 Å². The Morgan fingerprint density at radius 2 is 2.21 bits per heavy atom. The zero-order valence-electron chi connectivity index (χ0n) is 8.28. The molecule has 2 N–H and O–H groups in total. The molecule has 0 spiro atoms. The van der Waals surface area contributed by atoms with E-state index in [1.54, 1.807) is 7.11 Å². The van der Waals surface area contributed by atoms with Crippen molar-refractivity contribution < 1.29 is 19.4 Å². The number of carbonyl (C=O) groups excluding carboxylic acids is 1. The number of carboxylic acids is 1. The van der Waals surface area contributed by atoms with Crippen molar-refractivity contribution >= 4 is 23.6 Å². The number of rotatable bonds is 7. The van der Waals surface area contributed by atoms with Gasteiger partial charge >= 0.3 is 5.97 Å². The monoisotopic (exact) mass is 221 g/mol. The molecular formula is C8H15NO4S. The lowest BCUT2D eigenvalue weighted by Crippen LogP contribution is -2.39. The van der Waals surface area contributed by atoms with E-state index in [2.05, 4.69) is 5.32 Å². The number of hydrogen-bond donors (Lipinski definition) is 2. The average molecular weight is 221 g/mol. The summed E-state index contributed by atoms with van der Waals surface area (Å²) in [5, 5.41) is 10.9. The molecule has 0 aromatic rings. The van der Waals surface area contributed by atoms with Crippen LogP contribution in [-0.4, -0.2) is 48.2 Å². The van der Waals surface area contributed by atoms with E-state index < -0.39 is 12.0 Å². The fourth-order valence-corrected chi connectivity index (χ4v) is 1.35. The molecule has 0 aliphatic rings. The summed E-state index contributed by atoms with van der Waals surface area (Å²) in [4.78, 5) is 21.5. The van der Waals surface area contributed by atoms with Crippen LogP contribution in [0.3, 0.4) is 0 Å². The molecule has 0 aliphatic heterocycles. The maximum Gasteiger partial charge on any atom is 0.325 e. The van der Waals surface area contributed by atoms with Gasteiger partial charge in [0.1, 0.15) is 6.04 Å². The lowest BCUT2D eigenvalue weighted by atomic mass is 10.3. The van der Waals surface area contributed by atoms with E-state index in [0.29, 0.717) is 6.61 Å². The van der Waals surface area contributed by atoms with Crippen LogP contribution in [0.15, 0.2) is 0 Å². The predicted molar refractivity (Wildman–Crippen MR) is 54.4 cm³/mol. The van der Waals surface area contributed by atoms with Gasteiger partial charge in [-0.1, -0.05) is 0 Å². The van der Waals surface area contributed by atoms with Crippen LogP contribution in [0, 0.1) is 0 Å². The third-order valence-electron chi connectivity index (χ3n) is 1.41. The second-order valence-corrected chi connectivity index (χ2v) is 3.78. The van der Waals surface area contributed by atoms with Crippen LogP contribution in [0.1, 0.15) is 6.92 Å². The number of carboxylic acid groups (broad SMARTS) is 1. The molecule has 0 bridgehead atoms. The molecule has 82 valence electrons. The van der Waals surface area contributed by atoms with Gasteiger partial charge in [0, 0.05) is 12.9 Å². The largest absolute Gasteiger partial charge is 0.480 e. The van der Waals surface area contributed by atoms with E-state index in [1.165, 1.54) is 18.7 Å². The number of aliphatic carboxylic acids is 1. The molecule has 0 unspecified atom stereocenters. The van der Waals surface area contributed by atoms with Crippen molar-refractivity contribution in [3.63, 3.8) is 0 Å². The highest BCUT2D eigenvalue weighted by Gasteiger charge is 2.13. The van der Waals surface area contributed by atoms with Gasteiger partial charge in [-0.25, -0.2) is 0 Å². The summed E-state index contributed by atoms with van der Waals surface area (Å²) in [6.45, 7) is 2.02. The minimum Gasteiger partial charge on any atom is -0.480 e. The predicted octanol–water partition coefficient (Wildman–Crippen LogP) is -0.0447. The molecule has 0 heterocycles. The maximum absolute atomic E-state index is 11.1. The van der Waals surface area contributed by atoms with Crippen LogP contribution in [0.2, 0.25) is 0 Å². The molecule has 5 nitrogen and oxygen atoms in total. The second-order valence-electron chi connectivity index (χ2n) is 2.67. The molecule has 6 heteroatoms. The summed E-state index contributed by atoms with van der Waals surface area (Å²) in [5.74, 6) is -0.298. The fraction of sp³-hybridized carbons (Fsp3) is 0.750. The van der Waals surface area contributed by atoms with Crippen molar-refractivity contribution in [2.45, 2.75) is 13.0 Å². The number of ether oxygens (including phenoxy) is 1. The zero-order chi connectivity index (χ0) is 11.0. The molecule has 0 radical (unpaired) electrons. The van der Waals surface area contributed by atoms with E-state index in [1.807, 2.05) is 0 Å². The summed E-state index contributed by atoms with van der Waals surface area (Å²) in [5.41, 5.74) is 0. The Morgan fingerprint density at radius 3 is 2.71 bits per heavy atom. The van der Waals surface area contributed by atoms with Gasteiger partial charge in [-0.2, -0.15) is 0 Å². The number of carbonyl (C=O) groups is 2. The minimum atomic E-state index is -1.03. The number of amides is 1. The first-order valence-corrected chi connectivity index (χ1v) is 5.32. The number of nitrogens with one attached hydrogen (secondary N) is 1. The minimum absolute atomic E-state index is 0.263. The molecule has 0 aromatic heterocycles. The van der Waals surface area contributed by atoms with Gasteiger partial charge in [0.2, 0.25) is 5.91 Å². The SMILES string of the molecule is COCCSCC(=O)N[C@H](C)C(=O)O. The molecule has 0 fully saturated rings. The molecule has 0 saturated carbocycles. The highest BCUT2D eigenvalue weighted by atomic mass is 32.2. The third kappa shape index (κ3) is 6.73. The van der Waals surface area contributed by atoms with Crippen molar-refractivity contribution in [1.29, 1.82) is 0 Å². The topological polar surface area (TPSA) is 75.6 Å². The van der Waals surface area contributed by atoms with Crippen molar-refractivity contribution in [1.82, 2.24) is 5.32 Å². The molecule has 1 amide bonds. The molecule has 0 aromatic carbocycles. The molecular weight excluding hydrogens is 206 g/mol. The summed E-state index contributed by atoms with van der Waals surface area (Å²) in [7, 11) is 1.59. The Labute approximate surface area is 87.2 Å². The van der Waals surface area contributed by atoms with Crippen molar-refractivity contribution in [3.8, 4) is 0 Å². The smallest absolute Gasteiger partial charge is 0.325 e. The molecule has 0 rings (SSSR count). The maximum atomic E-state index is 11.1. The summed E-state index contributed by atoms with van der Waals surface area (Å²) >= 11 is 1.41. The van der Waals surface area contributed by atoms with E-state index in [-0.39, 0.29) is 11.7 Å². The van der Waals surface area contributed by atoms with Crippen LogP contribution in [0.5, 0.6) is 0 Å². The van der Waals surface area contributed by atoms with E-state index in [9.17, 15) is 9.59 Å². The van der Waals surface area contributed by atoms with Crippen LogP contribution in [0.25, 0.3) is 0 Å². The zero-order valence-corrected chi connectivity index (χ0v) is 9.10. The van der Waals surface area contributed by atoms with Crippen LogP contribution < -0.4 is 5.32 Å². The molecule has 0 aliphatic carbocycles. The van der Waals surface area contributed by atoms with Gasteiger partial charge in [0.15, 0.2) is 0 Å². The lowest BCUT2D eigenvalue weighted by molar-refractivity contribution is -0.140. The standard InChI is InChI=1S/C8H15NO4S/c1-6(8(11)12)9-7(10)5-14-4-3-13-2/h6H,3-5H2,1-2H3,(H,9,10)(H,11,12)/t6-/m1/s1. The quantitative estimate of drug-likeness (QED) is 0.590. The highest BCUT2D eigenvalue weighted by Crippen LogP contribution is 1.98. The first-order valence-electron chi connectivity index (χ1n) is 4.16. The Morgan fingerprint density at radius 1 is 1.57 bits per heavy atom. The van der Waals surface area contributed by atoms with Gasteiger partial charge in [-0.3, -0.25) is 9.59 Å². The number of hydrogen-bond acceptors (Lipinski definition) is 4. The van der Waals surface area contributed by atoms with Crippen molar-refractivity contribution in [2.24, 2.45) is 0 Å². The van der Waals surface area contributed by atoms with E-state index in [0.717, 1.165) is 5.75 Å². The van der Waals surface area contributed by atoms with Crippen molar-refractivity contribution in [2.75, 3.05) is 25.2 Å². The first kappa shape index (κ1) is 13.2. The van der Waals surface area contributed by atoms with Crippen LogP contribution >= 0.6 is 11.8 Å². The van der Waals surface area contributed by atoms with Gasteiger partial charge in [0.05, 0.1) is 12.4 Å². The number of methoxy groups -OCH3 is 1. The summed E-state index contributed by atoms with van der Waals surface area (Å²) in [6, 6.07) is -0.828. The summed E-state index contributed by atoms with van der Waals surface area (Å²) < 4.78 is 4.80. The first-order chi connectivity index (χ1) is 6.57. The summed E-state index contributed by atoms with van der Waals surface area (Å²) in [6.07, 6.45) is 0. The van der Waals surface area contributed by atoms with Gasteiger partial charge in [-0.15, -0.1) is 11.8 Å². The van der Waals surface area contributed by atoms with Gasteiger partial charge in [-0.05, 0) is 6.92 Å². The Balaban J connectivity index is 3.50. The number of thioether (sulfide) groups is 1. The third-order valence-corrected chi connectivity index (χ3v) is 2.33. The Bertz CT molecular complexity index is 198. The fourth-order valence-electron chi connectivity index (χ4n) is 0.652. The highest BCUT2D eigenvalue weighted by molar-refractivity contribution is 7.99. The van der Waals surface area contributed by atoms with E-state index >= 15 is 0 Å². The normalized spacial score (nSPS) is 12.1. The van der Waals surface area contributed by atoms with Crippen LogP contribution in [-0.2, 0) is 14.3 Å². The van der Waals surface area contributed by atoms with Crippen molar-refractivity contribution in [3.05, 3.63) is 0 Å². The Hall–Kier alpha value is -0.750. The van der Waals surface area contributed by atoms with Gasteiger partial charge < -0.3 is 15.2 Å². The molecule has 0 saturated heterocycles. The van der Waals surface area contributed by atoms with E-state index in [4.69, 9.17) is 9.84 Å². The lowest BCUT2D eigenvalue weighted by Gasteiger charge is -2.08. The Kier molecular flexibility index (Phi) is 7.23. The average Bonchev–Trinajstić information content (AvgIpc) is 2.12. The second kappa shape index (κ2) is 7.64. The van der Waals surface area contributed by atoms with Gasteiger partial charge in [0.25, 0.3) is 0 Å². The molecule has 14 heavy (non-hydrogen) atoms.